The molecule has 0 bridgehead atoms. The highest BCUT2D eigenvalue weighted by Gasteiger charge is 2.12. The summed E-state index contributed by atoms with van der Waals surface area (Å²) in [6, 6.07) is 14.8. The third kappa shape index (κ3) is 4.76. The molecule has 9 heteroatoms. The first-order valence-corrected chi connectivity index (χ1v) is 10.1. The lowest BCUT2D eigenvalue weighted by molar-refractivity contribution is 0.103. The van der Waals surface area contributed by atoms with E-state index in [0.717, 1.165) is 11.4 Å². The van der Waals surface area contributed by atoms with E-state index in [-0.39, 0.29) is 5.91 Å². The van der Waals surface area contributed by atoms with Crippen LogP contribution in [0.5, 0.6) is 0 Å². The van der Waals surface area contributed by atoms with Crippen molar-refractivity contribution in [1.82, 2.24) is 19.9 Å². The monoisotopic (exact) mass is 417 g/mol. The number of benzene rings is 1. The Hall–Kier alpha value is -3.85. The van der Waals surface area contributed by atoms with E-state index < -0.39 is 0 Å². The fraction of sp³-hybridized carbons (Fsp3) is 0.0952. The highest BCUT2D eigenvalue weighted by molar-refractivity contribution is 7.12. The van der Waals surface area contributed by atoms with Crippen molar-refractivity contribution in [3.63, 3.8) is 0 Å². The number of nitrogens with zero attached hydrogens (tertiary/aromatic N) is 4. The van der Waals surface area contributed by atoms with Crippen LogP contribution in [0.25, 0.3) is 0 Å². The van der Waals surface area contributed by atoms with Gasteiger partial charge in [-0.15, -0.1) is 11.3 Å². The number of pyridine rings is 1. The first-order valence-electron chi connectivity index (χ1n) is 9.19. The van der Waals surface area contributed by atoms with Gasteiger partial charge in [0.05, 0.1) is 11.2 Å². The lowest BCUT2D eigenvalue weighted by Gasteiger charge is -2.11. The minimum atomic E-state index is -0.160. The Morgan fingerprint density at radius 2 is 1.60 bits per heavy atom. The number of rotatable bonds is 6. The SMILES string of the molecule is Cc1nc(Nc2ccc(NC(=O)c3scnc3C)cc2)cc(Nc2ccccn2)n1. The molecule has 4 aromatic rings. The van der Waals surface area contributed by atoms with Crippen molar-refractivity contribution in [2.24, 2.45) is 0 Å². The maximum Gasteiger partial charge on any atom is 0.267 e. The third-order valence-electron chi connectivity index (χ3n) is 4.13. The summed E-state index contributed by atoms with van der Waals surface area (Å²) in [5.41, 5.74) is 3.93. The number of carbonyl (C=O) groups is 1. The molecule has 1 amide bonds. The Bertz CT molecular complexity index is 1160. The van der Waals surface area contributed by atoms with E-state index in [1.165, 1.54) is 11.3 Å². The van der Waals surface area contributed by atoms with Crippen molar-refractivity contribution in [2.45, 2.75) is 13.8 Å². The highest BCUT2D eigenvalue weighted by atomic mass is 32.1. The van der Waals surface area contributed by atoms with Crippen LogP contribution < -0.4 is 16.0 Å². The number of hydrogen-bond donors (Lipinski definition) is 3. The molecular weight excluding hydrogens is 398 g/mol. The first kappa shape index (κ1) is 19.5. The molecule has 3 aromatic heterocycles. The quantitative estimate of drug-likeness (QED) is 0.418. The average Bonchev–Trinajstić information content (AvgIpc) is 3.16. The summed E-state index contributed by atoms with van der Waals surface area (Å²) in [5.74, 6) is 2.47. The summed E-state index contributed by atoms with van der Waals surface area (Å²) in [4.78, 5) is 30.1. The topological polar surface area (TPSA) is 105 Å². The summed E-state index contributed by atoms with van der Waals surface area (Å²) in [5, 5.41) is 9.30. The second-order valence-electron chi connectivity index (χ2n) is 6.45. The molecule has 0 aliphatic heterocycles. The lowest BCUT2D eigenvalue weighted by Crippen LogP contribution is -2.11. The van der Waals surface area contributed by atoms with E-state index in [0.29, 0.717) is 33.8 Å². The van der Waals surface area contributed by atoms with Crippen molar-refractivity contribution < 1.29 is 4.79 Å². The molecule has 0 saturated heterocycles. The van der Waals surface area contributed by atoms with Gasteiger partial charge in [-0.3, -0.25) is 4.79 Å². The number of carbonyl (C=O) groups excluding carboxylic acids is 1. The lowest BCUT2D eigenvalue weighted by atomic mass is 10.2. The van der Waals surface area contributed by atoms with Crippen molar-refractivity contribution in [3.05, 3.63) is 76.6 Å². The van der Waals surface area contributed by atoms with Crippen LogP contribution in [-0.4, -0.2) is 25.8 Å². The Labute approximate surface area is 177 Å². The van der Waals surface area contributed by atoms with Gasteiger partial charge in [-0.1, -0.05) is 6.07 Å². The zero-order valence-corrected chi connectivity index (χ0v) is 17.2. The fourth-order valence-electron chi connectivity index (χ4n) is 2.76. The van der Waals surface area contributed by atoms with Crippen molar-refractivity contribution in [1.29, 1.82) is 0 Å². The molecule has 0 unspecified atom stereocenters. The second kappa shape index (κ2) is 8.66. The van der Waals surface area contributed by atoms with Gasteiger partial charge in [-0.25, -0.2) is 19.9 Å². The summed E-state index contributed by atoms with van der Waals surface area (Å²) in [6.45, 7) is 3.65. The molecule has 1 aromatic carbocycles. The largest absolute Gasteiger partial charge is 0.340 e. The highest BCUT2D eigenvalue weighted by Crippen LogP contribution is 2.22. The van der Waals surface area contributed by atoms with Gasteiger partial charge >= 0.3 is 0 Å². The number of nitrogens with one attached hydrogen (secondary N) is 3. The molecule has 0 aliphatic rings. The maximum atomic E-state index is 12.3. The van der Waals surface area contributed by atoms with Gasteiger partial charge in [0.2, 0.25) is 0 Å². The van der Waals surface area contributed by atoms with Crippen LogP contribution >= 0.6 is 11.3 Å². The Morgan fingerprint density at radius 3 is 2.27 bits per heavy atom. The molecule has 0 fully saturated rings. The second-order valence-corrected chi connectivity index (χ2v) is 7.30. The van der Waals surface area contributed by atoms with Crippen LogP contribution in [-0.2, 0) is 0 Å². The van der Waals surface area contributed by atoms with Crippen molar-refractivity contribution >= 4 is 46.1 Å². The van der Waals surface area contributed by atoms with E-state index in [1.807, 2.05) is 62.4 Å². The molecule has 0 radical (unpaired) electrons. The number of hydrogen-bond acceptors (Lipinski definition) is 8. The van der Waals surface area contributed by atoms with E-state index in [4.69, 9.17) is 0 Å². The number of anilines is 5. The maximum absolute atomic E-state index is 12.3. The summed E-state index contributed by atoms with van der Waals surface area (Å²) in [7, 11) is 0. The zero-order valence-electron chi connectivity index (χ0n) is 16.4. The normalized spacial score (nSPS) is 10.5. The van der Waals surface area contributed by atoms with Crippen LogP contribution in [0, 0.1) is 13.8 Å². The minimum absolute atomic E-state index is 0.160. The van der Waals surface area contributed by atoms with Gasteiger partial charge in [-0.2, -0.15) is 0 Å². The van der Waals surface area contributed by atoms with E-state index in [1.54, 1.807) is 11.7 Å². The van der Waals surface area contributed by atoms with Gasteiger partial charge < -0.3 is 16.0 Å². The van der Waals surface area contributed by atoms with E-state index in [2.05, 4.69) is 35.9 Å². The summed E-state index contributed by atoms with van der Waals surface area (Å²) < 4.78 is 0. The van der Waals surface area contributed by atoms with Gasteiger partial charge in [0.15, 0.2) is 0 Å². The van der Waals surface area contributed by atoms with Crippen molar-refractivity contribution in [2.75, 3.05) is 16.0 Å². The molecule has 0 atom stereocenters. The first-order chi connectivity index (χ1) is 14.6. The number of aromatic nitrogens is 4. The van der Waals surface area contributed by atoms with Gasteiger partial charge in [0, 0.05) is 23.6 Å². The molecule has 0 aliphatic carbocycles. The van der Waals surface area contributed by atoms with Crippen molar-refractivity contribution in [3.8, 4) is 0 Å². The van der Waals surface area contributed by atoms with Crippen LogP contribution in [0.4, 0.5) is 28.8 Å². The molecule has 8 nitrogen and oxygen atoms in total. The smallest absolute Gasteiger partial charge is 0.267 e. The Kier molecular flexibility index (Phi) is 5.62. The number of amides is 1. The fourth-order valence-corrected chi connectivity index (χ4v) is 3.45. The molecule has 3 heterocycles. The van der Waals surface area contributed by atoms with Crippen LogP contribution in [0.1, 0.15) is 21.2 Å². The summed E-state index contributed by atoms with van der Waals surface area (Å²) >= 11 is 1.32. The molecule has 150 valence electrons. The van der Waals surface area contributed by atoms with Crippen LogP contribution in [0.3, 0.4) is 0 Å². The van der Waals surface area contributed by atoms with Gasteiger partial charge in [0.25, 0.3) is 5.91 Å². The molecule has 30 heavy (non-hydrogen) atoms. The van der Waals surface area contributed by atoms with E-state index in [9.17, 15) is 4.79 Å². The third-order valence-corrected chi connectivity index (χ3v) is 5.05. The Balaban J connectivity index is 1.44. The predicted octanol–water partition coefficient (Wildman–Crippen LogP) is 4.68. The predicted molar refractivity (Wildman–Crippen MR) is 119 cm³/mol. The Morgan fingerprint density at radius 1 is 0.867 bits per heavy atom. The molecule has 0 saturated carbocycles. The van der Waals surface area contributed by atoms with Crippen LogP contribution in [0.15, 0.2) is 60.2 Å². The zero-order chi connectivity index (χ0) is 20.9. The standard InChI is InChI=1S/C21H19N7OS/c1-13-20(30-12-23-13)21(29)27-16-8-6-15(7-9-16)26-18-11-19(25-14(2)24-18)28-17-5-3-4-10-22-17/h3-12H,1-2H3,(H,27,29)(H2,22,24,25,26,28). The minimum Gasteiger partial charge on any atom is -0.340 e. The molecular formula is C21H19N7OS. The molecule has 3 N–H and O–H groups in total. The van der Waals surface area contributed by atoms with E-state index >= 15 is 0 Å². The van der Waals surface area contributed by atoms with Gasteiger partial charge in [-0.05, 0) is 50.2 Å². The average molecular weight is 417 g/mol. The number of aryl methyl sites for hydroxylation is 2. The van der Waals surface area contributed by atoms with Crippen LogP contribution in [0.2, 0.25) is 0 Å². The molecule has 0 spiro atoms. The summed E-state index contributed by atoms with van der Waals surface area (Å²) in [6.07, 6.45) is 1.71. The number of thiazole rings is 1. The van der Waals surface area contributed by atoms with Gasteiger partial charge in [0.1, 0.15) is 28.2 Å². The molecule has 4 rings (SSSR count).